The number of rotatable bonds is 8. The Balaban J connectivity index is 1.56. The molecule has 0 spiro atoms. The number of nitro groups is 1. The Morgan fingerprint density at radius 3 is 2.45 bits per heavy atom. The zero-order valence-electron chi connectivity index (χ0n) is 17.4. The van der Waals surface area contributed by atoms with Gasteiger partial charge in [0.05, 0.1) is 30.6 Å². The van der Waals surface area contributed by atoms with Gasteiger partial charge in [-0.1, -0.05) is 12.1 Å². The van der Waals surface area contributed by atoms with Crippen LogP contribution in [0.15, 0.2) is 42.5 Å². The molecular formula is C22H24N2O7. The average Bonchev–Trinajstić information content (AvgIpc) is 2.81. The molecule has 164 valence electrons. The lowest BCUT2D eigenvalue weighted by Gasteiger charge is -2.32. The number of anilines is 1. The molecular weight excluding hydrogens is 404 g/mol. The standard InChI is InChI=1S/C22H24N2O7/c1-29-16-7-8-21(30-2)17(13-16)20(25)14-31-22(26)15-9-11-23(12-10-15)18-5-3-4-6-19(18)24(27)28/h3-8,13,15H,9-12,14H2,1-2H3. The second-order valence-electron chi connectivity index (χ2n) is 7.10. The highest BCUT2D eigenvalue weighted by Crippen LogP contribution is 2.31. The van der Waals surface area contributed by atoms with Gasteiger partial charge in [-0.15, -0.1) is 0 Å². The molecule has 1 saturated heterocycles. The molecule has 0 atom stereocenters. The number of ketones is 1. The zero-order valence-corrected chi connectivity index (χ0v) is 17.4. The van der Waals surface area contributed by atoms with Gasteiger partial charge in [-0.2, -0.15) is 0 Å². The van der Waals surface area contributed by atoms with Crippen LogP contribution in [0.2, 0.25) is 0 Å². The van der Waals surface area contributed by atoms with Gasteiger partial charge in [-0.3, -0.25) is 19.7 Å². The zero-order chi connectivity index (χ0) is 22.4. The van der Waals surface area contributed by atoms with Crippen LogP contribution >= 0.6 is 0 Å². The number of esters is 1. The molecule has 0 N–H and O–H groups in total. The normalized spacial score (nSPS) is 14.1. The summed E-state index contributed by atoms with van der Waals surface area (Å²) in [5.74, 6) is -0.324. The maximum absolute atomic E-state index is 12.5. The van der Waals surface area contributed by atoms with Crippen LogP contribution in [0.5, 0.6) is 11.5 Å². The minimum Gasteiger partial charge on any atom is -0.497 e. The average molecular weight is 428 g/mol. The molecule has 9 heteroatoms. The maximum atomic E-state index is 12.5. The molecule has 1 fully saturated rings. The fraction of sp³-hybridized carbons (Fsp3) is 0.364. The van der Waals surface area contributed by atoms with Gasteiger partial charge in [0.2, 0.25) is 5.78 Å². The Kier molecular flexibility index (Phi) is 7.07. The molecule has 2 aromatic carbocycles. The molecule has 0 saturated carbocycles. The number of methoxy groups -OCH3 is 2. The summed E-state index contributed by atoms with van der Waals surface area (Å²) >= 11 is 0. The molecule has 3 rings (SSSR count). The summed E-state index contributed by atoms with van der Waals surface area (Å²) in [6, 6.07) is 11.4. The number of nitrogens with zero attached hydrogens (tertiary/aromatic N) is 2. The van der Waals surface area contributed by atoms with E-state index in [-0.39, 0.29) is 23.0 Å². The van der Waals surface area contributed by atoms with E-state index >= 15 is 0 Å². The SMILES string of the molecule is COc1ccc(OC)c(C(=O)COC(=O)C2CCN(c3ccccc3[N+](=O)[O-])CC2)c1. The van der Waals surface area contributed by atoms with Crippen LogP contribution in [0, 0.1) is 16.0 Å². The highest BCUT2D eigenvalue weighted by atomic mass is 16.6. The first-order valence-electron chi connectivity index (χ1n) is 9.84. The summed E-state index contributed by atoms with van der Waals surface area (Å²) in [7, 11) is 2.95. The lowest BCUT2D eigenvalue weighted by molar-refractivity contribution is -0.384. The lowest BCUT2D eigenvalue weighted by atomic mass is 9.96. The largest absolute Gasteiger partial charge is 0.497 e. The Morgan fingerprint density at radius 2 is 1.81 bits per heavy atom. The summed E-state index contributed by atoms with van der Waals surface area (Å²) in [5.41, 5.74) is 0.863. The molecule has 9 nitrogen and oxygen atoms in total. The van der Waals surface area contributed by atoms with Gasteiger partial charge < -0.3 is 19.1 Å². The van der Waals surface area contributed by atoms with Crippen LogP contribution in [0.4, 0.5) is 11.4 Å². The second kappa shape index (κ2) is 9.92. The van der Waals surface area contributed by atoms with Gasteiger partial charge in [-0.05, 0) is 37.1 Å². The van der Waals surface area contributed by atoms with Gasteiger partial charge >= 0.3 is 5.97 Å². The number of carbonyl (C=O) groups excluding carboxylic acids is 2. The van der Waals surface area contributed by atoms with E-state index in [1.165, 1.54) is 20.3 Å². The fourth-order valence-corrected chi connectivity index (χ4v) is 3.61. The summed E-state index contributed by atoms with van der Waals surface area (Å²) in [4.78, 5) is 37.7. The Bertz CT molecular complexity index is 968. The predicted molar refractivity (Wildman–Crippen MR) is 113 cm³/mol. The molecule has 0 bridgehead atoms. The van der Waals surface area contributed by atoms with Gasteiger partial charge in [0.15, 0.2) is 6.61 Å². The molecule has 1 aliphatic heterocycles. The van der Waals surface area contributed by atoms with E-state index in [9.17, 15) is 19.7 Å². The number of Topliss-reactive ketones (excluding diaryl/α,β-unsaturated/α-hetero) is 1. The molecule has 0 unspecified atom stereocenters. The number of hydrogen-bond acceptors (Lipinski definition) is 8. The Morgan fingerprint density at radius 1 is 1.10 bits per heavy atom. The summed E-state index contributed by atoms with van der Waals surface area (Å²) < 4.78 is 15.6. The van der Waals surface area contributed by atoms with Crippen molar-refractivity contribution in [2.24, 2.45) is 5.92 Å². The minimum atomic E-state index is -0.447. The molecule has 1 aliphatic rings. The fourth-order valence-electron chi connectivity index (χ4n) is 3.61. The topological polar surface area (TPSA) is 108 Å². The number of nitro benzene ring substituents is 1. The van der Waals surface area contributed by atoms with E-state index < -0.39 is 17.5 Å². The first-order valence-corrected chi connectivity index (χ1v) is 9.84. The third-order valence-electron chi connectivity index (χ3n) is 5.30. The van der Waals surface area contributed by atoms with Crippen LogP contribution in [-0.4, -0.2) is 50.6 Å². The number of para-hydroxylation sites is 2. The van der Waals surface area contributed by atoms with E-state index in [4.69, 9.17) is 14.2 Å². The van der Waals surface area contributed by atoms with Crippen molar-refractivity contribution in [2.45, 2.75) is 12.8 Å². The van der Waals surface area contributed by atoms with Crippen LogP contribution in [-0.2, 0) is 9.53 Å². The third kappa shape index (κ3) is 5.11. The van der Waals surface area contributed by atoms with Crippen LogP contribution < -0.4 is 14.4 Å². The molecule has 0 aromatic heterocycles. The first kappa shape index (κ1) is 22.1. The monoisotopic (exact) mass is 428 g/mol. The second-order valence-corrected chi connectivity index (χ2v) is 7.10. The first-order chi connectivity index (χ1) is 14.9. The Hall–Kier alpha value is -3.62. The minimum absolute atomic E-state index is 0.0429. The smallest absolute Gasteiger partial charge is 0.309 e. The van der Waals surface area contributed by atoms with E-state index in [0.717, 1.165) is 0 Å². The molecule has 2 aromatic rings. The quantitative estimate of drug-likeness (QED) is 0.273. The van der Waals surface area contributed by atoms with Crippen molar-refractivity contribution in [3.8, 4) is 11.5 Å². The number of carbonyl (C=O) groups is 2. The van der Waals surface area contributed by atoms with Crippen LogP contribution in [0.1, 0.15) is 23.2 Å². The number of piperidine rings is 1. The van der Waals surface area contributed by atoms with Gasteiger partial charge in [0.25, 0.3) is 5.69 Å². The van der Waals surface area contributed by atoms with Crippen molar-refractivity contribution < 1.29 is 28.7 Å². The maximum Gasteiger partial charge on any atom is 0.309 e. The molecule has 0 radical (unpaired) electrons. The summed E-state index contributed by atoms with van der Waals surface area (Å²) in [5, 5.41) is 11.2. The van der Waals surface area contributed by atoms with E-state index in [0.29, 0.717) is 43.1 Å². The van der Waals surface area contributed by atoms with E-state index in [1.807, 2.05) is 4.90 Å². The van der Waals surface area contributed by atoms with Crippen molar-refractivity contribution in [1.82, 2.24) is 0 Å². The van der Waals surface area contributed by atoms with Crippen LogP contribution in [0.25, 0.3) is 0 Å². The van der Waals surface area contributed by atoms with Crippen molar-refractivity contribution in [3.05, 3.63) is 58.1 Å². The van der Waals surface area contributed by atoms with Crippen molar-refractivity contribution in [2.75, 3.05) is 38.8 Å². The highest BCUT2D eigenvalue weighted by Gasteiger charge is 2.29. The van der Waals surface area contributed by atoms with Gasteiger partial charge in [0, 0.05) is 19.2 Å². The van der Waals surface area contributed by atoms with Crippen molar-refractivity contribution >= 4 is 23.1 Å². The third-order valence-corrected chi connectivity index (χ3v) is 5.30. The van der Waals surface area contributed by atoms with Crippen molar-refractivity contribution in [1.29, 1.82) is 0 Å². The highest BCUT2D eigenvalue weighted by molar-refractivity contribution is 6.00. The predicted octanol–water partition coefficient (Wildman–Crippen LogP) is 3.25. The van der Waals surface area contributed by atoms with Crippen LogP contribution in [0.3, 0.4) is 0 Å². The van der Waals surface area contributed by atoms with Crippen molar-refractivity contribution in [3.63, 3.8) is 0 Å². The van der Waals surface area contributed by atoms with E-state index in [2.05, 4.69) is 0 Å². The summed E-state index contributed by atoms with van der Waals surface area (Å²) in [6.45, 7) is 0.581. The number of hydrogen-bond donors (Lipinski definition) is 0. The summed E-state index contributed by atoms with van der Waals surface area (Å²) in [6.07, 6.45) is 0.975. The molecule has 0 aliphatic carbocycles. The number of benzene rings is 2. The van der Waals surface area contributed by atoms with Gasteiger partial charge in [0.1, 0.15) is 17.2 Å². The molecule has 1 heterocycles. The molecule has 31 heavy (non-hydrogen) atoms. The Labute approximate surface area is 179 Å². The van der Waals surface area contributed by atoms with Gasteiger partial charge in [-0.25, -0.2) is 0 Å². The lowest BCUT2D eigenvalue weighted by Crippen LogP contribution is -2.37. The number of ether oxygens (including phenoxy) is 3. The molecule has 0 amide bonds. The van der Waals surface area contributed by atoms with E-state index in [1.54, 1.807) is 36.4 Å².